The minimum absolute atomic E-state index is 0.0647. The molecule has 0 bridgehead atoms. The fourth-order valence-electron chi connectivity index (χ4n) is 2.58. The number of nitrogens with zero attached hydrogens (tertiary/aromatic N) is 2. The van der Waals surface area contributed by atoms with Gasteiger partial charge in [0.2, 0.25) is 5.88 Å². The lowest BCUT2D eigenvalue weighted by atomic mass is 10.1. The van der Waals surface area contributed by atoms with Gasteiger partial charge in [-0.3, -0.25) is 4.57 Å². The highest BCUT2D eigenvalue weighted by Crippen LogP contribution is 2.26. The van der Waals surface area contributed by atoms with E-state index in [1.807, 2.05) is 0 Å². The van der Waals surface area contributed by atoms with E-state index in [0.29, 0.717) is 12.2 Å². The average molecular weight is 260 g/mol. The first-order chi connectivity index (χ1) is 9.22. The van der Waals surface area contributed by atoms with Gasteiger partial charge in [-0.2, -0.15) is 0 Å². The number of rotatable bonds is 2. The summed E-state index contributed by atoms with van der Waals surface area (Å²) in [6, 6.07) is 7.09. The Morgan fingerprint density at radius 1 is 1.21 bits per heavy atom. The Morgan fingerprint density at radius 3 is 2.58 bits per heavy atom. The molecule has 1 N–H and O–H groups in total. The molecule has 5 nitrogen and oxygen atoms in total. The number of aromatic nitrogens is 2. The zero-order valence-corrected chi connectivity index (χ0v) is 10.8. The molecule has 1 aliphatic rings. The van der Waals surface area contributed by atoms with Crippen molar-refractivity contribution >= 4 is 0 Å². The van der Waals surface area contributed by atoms with Crippen LogP contribution >= 0.6 is 0 Å². The van der Waals surface area contributed by atoms with Crippen LogP contribution in [0.25, 0.3) is 5.69 Å². The number of imidazole rings is 1. The number of fused-ring (bicyclic) bond motifs is 1. The first kappa shape index (κ1) is 11.9. The van der Waals surface area contributed by atoms with Crippen molar-refractivity contribution < 1.29 is 9.84 Å². The molecule has 0 fully saturated rings. The molecule has 100 valence electrons. The first-order valence-electron chi connectivity index (χ1n) is 6.40. The quantitative estimate of drug-likeness (QED) is 0.894. The van der Waals surface area contributed by atoms with Gasteiger partial charge in [-0.05, 0) is 43.5 Å². The highest BCUT2D eigenvalue weighted by atomic mass is 16.5. The van der Waals surface area contributed by atoms with Crippen molar-refractivity contribution in [2.24, 2.45) is 0 Å². The Hall–Kier alpha value is -2.17. The molecule has 19 heavy (non-hydrogen) atoms. The molecule has 1 aromatic carbocycles. The van der Waals surface area contributed by atoms with Gasteiger partial charge in [-0.1, -0.05) is 0 Å². The monoisotopic (exact) mass is 260 g/mol. The van der Waals surface area contributed by atoms with E-state index >= 15 is 0 Å². The van der Waals surface area contributed by atoms with E-state index < -0.39 is 0 Å². The third kappa shape index (κ3) is 1.82. The molecular weight excluding hydrogens is 244 g/mol. The highest BCUT2D eigenvalue weighted by Gasteiger charge is 2.22. The molecule has 0 atom stereocenters. The zero-order chi connectivity index (χ0) is 13.4. The van der Waals surface area contributed by atoms with Crippen LogP contribution in [0.1, 0.15) is 18.5 Å². The van der Waals surface area contributed by atoms with Crippen LogP contribution in [0.5, 0.6) is 11.6 Å². The van der Waals surface area contributed by atoms with Crippen LogP contribution in [0.15, 0.2) is 29.1 Å². The number of benzene rings is 1. The molecule has 0 radical (unpaired) electrons. The smallest absolute Gasteiger partial charge is 0.335 e. The molecule has 2 heterocycles. The predicted octanol–water partition coefficient (Wildman–Crippen LogP) is 1.69. The maximum absolute atomic E-state index is 12.3. The van der Waals surface area contributed by atoms with Crippen LogP contribution in [0.3, 0.4) is 0 Å². The van der Waals surface area contributed by atoms with Crippen molar-refractivity contribution in [3.05, 3.63) is 40.4 Å². The summed E-state index contributed by atoms with van der Waals surface area (Å²) in [6.45, 7) is 0.685. The topological polar surface area (TPSA) is 56.4 Å². The summed E-state index contributed by atoms with van der Waals surface area (Å²) in [4.78, 5) is 12.3. The third-order valence-electron chi connectivity index (χ3n) is 3.59. The fraction of sp³-hybridized carbons (Fsp3) is 0.357. The Bertz CT molecular complexity index is 653. The lowest BCUT2D eigenvalue weighted by molar-refractivity contribution is 0.414. The molecule has 1 aliphatic heterocycles. The molecule has 0 spiro atoms. The number of hydrogen-bond acceptors (Lipinski definition) is 3. The maximum Gasteiger partial charge on any atom is 0.335 e. The van der Waals surface area contributed by atoms with Crippen molar-refractivity contribution in [3.8, 4) is 17.3 Å². The molecule has 0 saturated carbocycles. The molecule has 3 rings (SSSR count). The number of aromatic hydroxyl groups is 1. The summed E-state index contributed by atoms with van der Waals surface area (Å²) < 4.78 is 8.12. The van der Waals surface area contributed by atoms with E-state index in [1.165, 1.54) is 4.57 Å². The Labute approximate surface area is 110 Å². The van der Waals surface area contributed by atoms with Gasteiger partial charge in [0.1, 0.15) is 5.75 Å². The molecule has 0 saturated heterocycles. The summed E-state index contributed by atoms with van der Waals surface area (Å²) in [6.07, 6.45) is 2.75. The minimum atomic E-state index is -0.169. The van der Waals surface area contributed by atoms with Crippen LogP contribution in [-0.4, -0.2) is 21.4 Å². The molecule has 5 heteroatoms. The standard InChI is InChI=1S/C14H16N2O3/c1-19-11-7-5-10(6-8-11)16-13(17)12-4-2-3-9-15(12)14(16)18/h5-8,17H,2-4,9H2,1H3. The fourth-order valence-corrected chi connectivity index (χ4v) is 2.58. The Kier molecular flexibility index (Phi) is 2.81. The second-order valence-corrected chi connectivity index (χ2v) is 4.70. The van der Waals surface area contributed by atoms with Gasteiger partial charge >= 0.3 is 5.69 Å². The van der Waals surface area contributed by atoms with Crippen molar-refractivity contribution in [1.29, 1.82) is 0 Å². The van der Waals surface area contributed by atoms with Gasteiger partial charge in [0.15, 0.2) is 0 Å². The second-order valence-electron chi connectivity index (χ2n) is 4.70. The first-order valence-corrected chi connectivity index (χ1v) is 6.40. The van der Waals surface area contributed by atoms with Gasteiger partial charge in [0, 0.05) is 6.54 Å². The van der Waals surface area contributed by atoms with Crippen molar-refractivity contribution in [1.82, 2.24) is 9.13 Å². The van der Waals surface area contributed by atoms with Crippen LogP contribution in [0.4, 0.5) is 0 Å². The van der Waals surface area contributed by atoms with E-state index in [9.17, 15) is 9.90 Å². The number of methoxy groups -OCH3 is 1. The molecule has 2 aromatic rings. The number of hydrogen-bond donors (Lipinski definition) is 1. The summed E-state index contributed by atoms with van der Waals surface area (Å²) in [5, 5.41) is 10.2. The van der Waals surface area contributed by atoms with Crippen LogP contribution in [0, 0.1) is 0 Å². The lowest BCUT2D eigenvalue weighted by Crippen LogP contribution is -2.25. The molecule has 0 aliphatic carbocycles. The minimum Gasteiger partial charge on any atom is -0.497 e. The van der Waals surface area contributed by atoms with Gasteiger partial charge in [0.25, 0.3) is 0 Å². The van der Waals surface area contributed by atoms with E-state index in [1.54, 1.807) is 35.9 Å². The Balaban J connectivity index is 2.14. The van der Waals surface area contributed by atoms with E-state index in [4.69, 9.17) is 4.74 Å². The summed E-state index contributed by atoms with van der Waals surface area (Å²) in [5.41, 5.74) is 1.23. The van der Waals surface area contributed by atoms with Crippen LogP contribution < -0.4 is 10.4 Å². The SMILES string of the molecule is COc1ccc(-n2c(O)c3n(c2=O)CCCC3)cc1. The largest absolute Gasteiger partial charge is 0.497 e. The van der Waals surface area contributed by atoms with Gasteiger partial charge in [0.05, 0.1) is 18.5 Å². The summed E-state index contributed by atoms with van der Waals surface area (Å²) >= 11 is 0. The molecule has 0 unspecified atom stereocenters. The third-order valence-corrected chi connectivity index (χ3v) is 3.59. The zero-order valence-electron chi connectivity index (χ0n) is 10.8. The summed E-state index contributed by atoms with van der Waals surface area (Å²) in [5.74, 6) is 0.787. The van der Waals surface area contributed by atoms with E-state index in [0.717, 1.165) is 30.7 Å². The van der Waals surface area contributed by atoms with E-state index in [2.05, 4.69) is 0 Å². The van der Waals surface area contributed by atoms with Crippen molar-refractivity contribution in [2.45, 2.75) is 25.8 Å². The van der Waals surface area contributed by atoms with Crippen LogP contribution in [-0.2, 0) is 13.0 Å². The van der Waals surface area contributed by atoms with E-state index in [-0.39, 0.29) is 11.6 Å². The normalized spacial score (nSPS) is 14.2. The highest BCUT2D eigenvalue weighted by molar-refractivity contribution is 5.41. The lowest BCUT2D eigenvalue weighted by Gasteiger charge is -2.11. The Morgan fingerprint density at radius 2 is 1.95 bits per heavy atom. The van der Waals surface area contributed by atoms with Gasteiger partial charge in [-0.15, -0.1) is 0 Å². The van der Waals surface area contributed by atoms with Gasteiger partial charge in [-0.25, -0.2) is 9.36 Å². The molecule has 1 aromatic heterocycles. The molecule has 0 amide bonds. The summed E-state index contributed by atoms with van der Waals surface area (Å²) in [7, 11) is 1.59. The predicted molar refractivity (Wildman–Crippen MR) is 71.2 cm³/mol. The maximum atomic E-state index is 12.3. The van der Waals surface area contributed by atoms with Crippen molar-refractivity contribution in [2.75, 3.05) is 7.11 Å². The molecular formula is C14H16N2O3. The van der Waals surface area contributed by atoms with Crippen molar-refractivity contribution in [3.63, 3.8) is 0 Å². The van der Waals surface area contributed by atoms with Crippen LogP contribution in [0.2, 0.25) is 0 Å². The average Bonchev–Trinajstić information content (AvgIpc) is 2.72. The second kappa shape index (κ2) is 4.50. The number of ether oxygens (including phenoxy) is 1. The van der Waals surface area contributed by atoms with Gasteiger partial charge < -0.3 is 9.84 Å².